The lowest BCUT2D eigenvalue weighted by molar-refractivity contribution is 0.00924. The third kappa shape index (κ3) is 3.18. The quantitative estimate of drug-likeness (QED) is 0.801. The van der Waals surface area contributed by atoms with Gasteiger partial charge >= 0.3 is 0 Å². The second-order valence-corrected chi connectivity index (χ2v) is 6.20. The second-order valence-electron chi connectivity index (χ2n) is 5.12. The Kier molecular flexibility index (Phi) is 5.00. The van der Waals surface area contributed by atoms with E-state index >= 15 is 0 Å². The predicted octanol–water partition coefficient (Wildman–Crippen LogP) is 3.49. The summed E-state index contributed by atoms with van der Waals surface area (Å²) in [4.78, 5) is 9.45. The van der Waals surface area contributed by atoms with Crippen molar-refractivity contribution < 1.29 is 4.74 Å². The van der Waals surface area contributed by atoms with Gasteiger partial charge in [-0.1, -0.05) is 13.8 Å². The highest BCUT2D eigenvalue weighted by Crippen LogP contribution is 2.35. The van der Waals surface area contributed by atoms with E-state index < -0.39 is 0 Å². The molecular formula is C14H22IN3O. The standard InChI is InChI=1S/C14H22IN3O/c1-4-8-16-12-11(15)10(5-2)17-13(18-12)14(3)7-6-9-19-14/h4-9H2,1-3H3,(H,16,17,18). The van der Waals surface area contributed by atoms with Gasteiger partial charge in [-0.25, -0.2) is 9.97 Å². The number of aryl methyl sites for hydroxylation is 1. The Morgan fingerprint density at radius 1 is 1.37 bits per heavy atom. The average Bonchev–Trinajstić information content (AvgIpc) is 2.85. The van der Waals surface area contributed by atoms with Gasteiger partial charge in [0.2, 0.25) is 0 Å². The first-order chi connectivity index (χ1) is 9.10. The van der Waals surface area contributed by atoms with Gasteiger partial charge in [0.15, 0.2) is 5.82 Å². The van der Waals surface area contributed by atoms with Gasteiger partial charge in [-0.3, -0.25) is 0 Å². The fourth-order valence-electron chi connectivity index (χ4n) is 2.28. The normalized spacial score (nSPS) is 22.7. The molecule has 1 fully saturated rings. The summed E-state index contributed by atoms with van der Waals surface area (Å²) in [6.45, 7) is 8.14. The van der Waals surface area contributed by atoms with Gasteiger partial charge in [0, 0.05) is 13.2 Å². The van der Waals surface area contributed by atoms with Crippen LogP contribution in [0, 0.1) is 3.57 Å². The van der Waals surface area contributed by atoms with Crippen LogP contribution < -0.4 is 5.32 Å². The van der Waals surface area contributed by atoms with Gasteiger partial charge in [0.05, 0.1) is 9.26 Å². The van der Waals surface area contributed by atoms with E-state index in [4.69, 9.17) is 14.7 Å². The summed E-state index contributed by atoms with van der Waals surface area (Å²) in [5.41, 5.74) is 0.803. The van der Waals surface area contributed by atoms with Gasteiger partial charge in [-0.05, 0) is 55.2 Å². The number of aromatic nitrogens is 2. The molecule has 2 heterocycles. The molecule has 0 saturated carbocycles. The Hall–Kier alpha value is -0.430. The van der Waals surface area contributed by atoms with Crippen LogP contribution in [0.3, 0.4) is 0 Å². The van der Waals surface area contributed by atoms with Gasteiger partial charge in [0.1, 0.15) is 11.4 Å². The molecule has 1 atom stereocenters. The Balaban J connectivity index is 2.38. The van der Waals surface area contributed by atoms with Crippen molar-refractivity contribution in [1.82, 2.24) is 9.97 Å². The molecule has 0 aliphatic carbocycles. The molecule has 1 aromatic rings. The number of hydrogen-bond donors (Lipinski definition) is 1. The zero-order valence-electron chi connectivity index (χ0n) is 11.9. The minimum Gasteiger partial charge on any atom is -0.369 e. The van der Waals surface area contributed by atoms with Crippen LogP contribution in [-0.2, 0) is 16.8 Å². The predicted molar refractivity (Wildman–Crippen MR) is 85.4 cm³/mol. The van der Waals surface area contributed by atoms with Crippen LogP contribution in [0.1, 0.15) is 51.6 Å². The second kappa shape index (κ2) is 6.35. The summed E-state index contributed by atoms with van der Waals surface area (Å²) >= 11 is 2.34. The van der Waals surface area contributed by atoms with Crippen LogP contribution in [0.25, 0.3) is 0 Å². The Bertz CT molecular complexity index is 445. The fourth-order valence-corrected chi connectivity index (χ4v) is 3.09. The minimum atomic E-state index is -0.309. The first-order valence-electron chi connectivity index (χ1n) is 7.05. The molecule has 0 bridgehead atoms. The van der Waals surface area contributed by atoms with Crippen molar-refractivity contribution in [2.75, 3.05) is 18.5 Å². The molecule has 5 heteroatoms. The van der Waals surface area contributed by atoms with Crippen LogP contribution in [-0.4, -0.2) is 23.1 Å². The smallest absolute Gasteiger partial charge is 0.162 e. The molecule has 1 N–H and O–H groups in total. The van der Waals surface area contributed by atoms with E-state index in [0.717, 1.165) is 59.7 Å². The lowest BCUT2D eigenvalue weighted by Gasteiger charge is -2.23. The summed E-state index contributed by atoms with van der Waals surface area (Å²) in [5.74, 6) is 1.79. The summed E-state index contributed by atoms with van der Waals surface area (Å²) in [6, 6.07) is 0. The van der Waals surface area contributed by atoms with E-state index in [1.54, 1.807) is 0 Å². The van der Waals surface area contributed by atoms with Gasteiger partial charge < -0.3 is 10.1 Å². The average molecular weight is 375 g/mol. The number of ether oxygens (including phenoxy) is 1. The molecule has 106 valence electrons. The third-order valence-electron chi connectivity index (χ3n) is 3.49. The number of halogens is 1. The lowest BCUT2D eigenvalue weighted by atomic mass is 10.0. The summed E-state index contributed by atoms with van der Waals surface area (Å²) in [6.07, 6.45) is 4.10. The van der Waals surface area contributed by atoms with Crippen LogP contribution in [0.15, 0.2) is 0 Å². The van der Waals surface area contributed by atoms with Gasteiger partial charge in [0.25, 0.3) is 0 Å². The molecule has 1 unspecified atom stereocenters. The molecule has 0 spiro atoms. The van der Waals surface area contributed by atoms with E-state index in [1.165, 1.54) is 0 Å². The first-order valence-corrected chi connectivity index (χ1v) is 8.13. The maximum atomic E-state index is 5.87. The Morgan fingerprint density at radius 3 is 2.74 bits per heavy atom. The molecule has 19 heavy (non-hydrogen) atoms. The van der Waals surface area contributed by atoms with E-state index in [1.807, 2.05) is 0 Å². The van der Waals surface area contributed by atoms with Crippen molar-refractivity contribution in [1.29, 1.82) is 0 Å². The van der Waals surface area contributed by atoms with Crippen molar-refractivity contribution in [3.63, 3.8) is 0 Å². The molecule has 1 saturated heterocycles. The van der Waals surface area contributed by atoms with E-state index in [0.29, 0.717) is 0 Å². The van der Waals surface area contributed by atoms with Crippen LogP contribution in [0.4, 0.5) is 5.82 Å². The maximum Gasteiger partial charge on any atom is 0.162 e. The molecule has 4 nitrogen and oxygen atoms in total. The van der Waals surface area contributed by atoms with Crippen molar-refractivity contribution in [2.45, 2.75) is 52.1 Å². The SMILES string of the molecule is CCCNc1nc(C2(C)CCCO2)nc(CC)c1I. The minimum absolute atomic E-state index is 0.309. The molecule has 1 aliphatic heterocycles. The van der Waals surface area contributed by atoms with Crippen molar-refractivity contribution in [3.8, 4) is 0 Å². The van der Waals surface area contributed by atoms with E-state index in [2.05, 4.69) is 48.7 Å². The molecule has 0 amide bonds. The highest BCUT2D eigenvalue weighted by atomic mass is 127. The summed E-state index contributed by atoms with van der Waals surface area (Å²) in [7, 11) is 0. The number of hydrogen-bond acceptors (Lipinski definition) is 4. The molecule has 1 aromatic heterocycles. The number of nitrogens with zero attached hydrogens (tertiary/aromatic N) is 2. The van der Waals surface area contributed by atoms with Crippen molar-refractivity contribution >= 4 is 28.4 Å². The monoisotopic (exact) mass is 375 g/mol. The van der Waals surface area contributed by atoms with Crippen LogP contribution >= 0.6 is 22.6 Å². The van der Waals surface area contributed by atoms with Crippen LogP contribution in [0.5, 0.6) is 0 Å². The van der Waals surface area contributed by atoms with Gasteiger partial charge in [-0.15, -0.1) is 0 Å². The van der Waals surface area contributed by atoms with Crippen molar-refractivity contribution in [3.05, 3.63) is 15.1 Å². The van der Waals surface area contributed by atoms with Gasteiger partial charge in [-0.2, -0.15) is 0 Å². The number of rotatable bonds is 5. The summed E-state index contributed by atoms with van der Waals surface area (Å²) in [5, 5.41) is 3.40. The molecular weight excluding hydrogens is 353 g/mol. The third-order valence-corrected chi connectivity index (χ3v) is 4.62. The van der Waals surface area contributed by atoms with Crippen LogP contribution in [0.2, 0.25) is 0 Å². The highest BCUT2D eigenvalue weighted by molar-refractivity contribution is 14.1. The largest absolute Gasteiger partial charge is 0.369 e. The maximum absolute atomic E-state index is 5.87. The zero-order chi connectivity index (χ0) is 13.9. The number of nitrogens with one attached hydrogen (secondary N) is 1. The van der Waals surface area contributed by atoms with E-state index in [-0.39, 0.29) is 5.60 Å². The van der Waals surface area contributed by atoms with E-state index in [9.17, 15) is 0 Å². The first kappa shape index (κ1) is 15.0. The molecule has 0 radical (unpaired) electrons. The highest BCUT2D eigenvalue weighted by Gasteiger charge is 2.35. The molecule has 1 aliphatic rings. The van der Waals surface area contributed by atoms with Crippen molar-refractivity contribution in [2.24, 2.45) is 0 Å². The summed E-state index contributed by atoms with van der Waals surface area (Å²) < 4.78 is 7.01. The molecule has 0 aromatic carbocycles. The zero-order valence-corrected chi connectivity index (χ0v) is 14.1. The lowest BCUT2D eigenvalue weighted by Crippen LogP contribution is -2.25. The number of anilines is 1. The Morgan fingerprint density at radius 2 is 2.16 bits per heavy atom. The topological polar surface area (TPSA) is 47.0 Å². The fraction of sp³-hybridized carbons (Fsp3) is 0.714. The Labute approximate surface area is 128 Å². The molecule has 2 rings (SSSR count).